The van der Waals surface area contributed by atoms with Gasteiger partial charge in [-0.05, 0) is 12.1 Å². The smallest absolute Gasteiger partial charge is 0.219 e. The lowest BCUT2D eigenvalue weighted by Gasteiger charge is -2.33. The molecule has 1 aromatic rings. The quantitative estimate of drug-likeness (QED) is 0.584. The van der Waals surface area contributed by atoms with Gasteiger partial charge in [0.05, 0.1) is 11.4 Å². The summed E-state index contributed by atoms with van der Waals surface area (Å²) < 4.78 is 0. The van der Waals surface area contributed by atoms with Gasteiger partial charge in [-0.15, -0.1) is 0 Å². The van der Waals surface area contributed by atoms with Gasteiger partial charge in [-0.1, -0.05) is 0 Å². The zero-order chi connectivity index (χ0) is 13.0. The Morgan fingerprint density at radius 1 is 1.44 bits per heavy atom. The van der Waals surface area contributed by atoms with Crippen LogP contribution in [-0.2, 0) is 11.3 Å². The van der Waals surface area contributed by atoms with Crippen molar-refractivity contribution in [3.8, 4) is 0 Å². The molecule has 2 rings (SSSR count). The Kier molecular flexibility index (Phi) is 4.11. The Balaban J connectivity index is 1.89. The first-order valence-corrected chi connectivity index (χ1v) is 6.08. The van der Waals surface area contributed by atoms with Crippen LogP contribution in [0.2, 0.25) is 0 Å². The van der Waals surface area contributed by atoms with Gasteiger partial charge in [0.25, 0.3) is 0 Å². The van der Waals surface area contributed by atoms with Crippen LogP contribution < -0.4 is 11.3 Å². The van der Waals surface area contributed by atoms with E-state index in [0.717, 1.165) is 44.1 Å². The Labute approximate surface area is 107 Å². The maximum atomic E-state index is 11.2. The van der Waals surface area contributed by atoms with Gasteiger partial charge >= 0.3 is 0 Å². The van der Waals surface area contributed by atoms with E-state index in [1.165, 1.54) is 0 Å². The number of amides is 1. The molecule has 0 radical (unpaired) electrons. The zero-order valence-electron chi connectivity index (χ0n) is 10.6. The van der Waals surface area contributed by atoms with Crippen LogP contribution in [0.15, 0.2) is 18.3 Å². The molecule has 1 amide bonds. The fourth-order valence-corrected chi connectivity index (χ4v) is 2.10. The summed E-state index contributed by atoms with van der Waals surface area (Å²) in [7, 11) is 0. The van der Waals surface area contributed by atoms with Crippen molar-refractivity contribution < 1.29 is 4.79 Å². The number of pyridine rings is 1. The van der Waals surface area contributed by atoms with Gasteiger partial charge in [0, 0.05) is 45.8 Å². The largest absolute Gasteiger partial charge is 0.340 e. The molecule has 1 aliphatic rings. The van der Waals surface area contributed by atoms with Gasteiger partial charge in [0.15, 0.2) is 0 Å². The highest BCUT2D eigenvalue weighted by Crippen LogP contribution is 2.10. The first kappa shape index (κ1) is 12.8. The van der Waals surface area contributed by atoms with Crippen LogP contribution in [-0.4, -0.2) is 46.9 Å². The van der Waals surface area contributed by atoms with Gasteiger partial charge in [0.1, 0.15) is 0 Å². The van der Waals surface area contributed by atoms with Crippen LogP contribution in [0, 0.1) is 0 Å². The van der Waals surface area contributed by atoms with Gasteiger partial charge < -0.3 is 10.3 Å². The molecule has 0 spiro atoms. The number of hydrazine groups is 1. The Morgan fingerprint density at radius 2 is 2.17 bits per heavy atom. The minimum Gasteiger partial charge on any atom is -0.340 e. The van der Waals surface area contributed by atoms with Crippen LogP contribution in [0.25, 0.3) is 0 Å². The predicted octanol–water partition coefficient (Wildman–Crippen LogP) is 0.0313. The molecule has 0 aromatic carbocycles. The molecule has 2 heterocycles. The SMILES string of the molecule is CC(=O)N1CCN(Cc2cc(NN)ccn2)CC1. The number of rotatable bonds is 3. The van der Waals surface area contributed by atoms with Crippen molar-refractivity contribution in [2.45, 2.75) is 13.5 Å². The number of aromatic nitrogens is 1. The molecule has 0 aliphatic carbocycles. The summed E-state index contributed by atoms with van der Waals surface area (Å²) in [6, 6.07) is 3.77. The van der Waals surface area contributed by atoms with Crippen LogP contribution in [0.4, 0.5) is 5.69 Å². The van der Waals surface area contributed by atoms with Gasteiger partial charge in [-0.3, -0.25) is 20.5 Å². The summed E-state index contributed by atoms with van der Waals surface area (Å²) in [6.07, 6.45) is 1.75. The number of nitrogens with two attached hydrogens (primary N) is 1. The standard InChI is InChI=1S/C12H19N5O/c1-10(18)17-6-4-16(5-7-17)9-12-8-11(15-13)2-3-14-12/h2-3,8H,4-7,9,13H2,1H3,(H,14,15). The van der Waals surface area contributed by atoms with Gasteiger partial charge in [-0.2, -0.15) is 0 Å². The fraction of sp³-hybridized carbons (Fsp3) is 0.500. The highest BCUT2D eigenvalue weighted by molar-refractivity contribution is 5.73. The van der Waals surface area contributed by atoms with Crippen LogP contribution in [0.3, 0.4) is 0 Å². The van der Waals surface area contributed by atoms with Crippen molar-refractivity contribution in [3.63, 3.8) is 0 Å². The Bertz CT molecular complexity index is 415. The molecular formula is C12H19N5O. The second-order valence-corrected chi connectivity index (χ2v) is 4.46. The summed E-state index contributed by atoms with van der Waals surface area (Å²) in [5, 5.41) is 0. The molecule has 18 heavy (non-hydrogen) atoms. The maximum Gasteiger partial charge on any atom is 0.219 e. The topological polar surface area (TPSA) is 74.5 Å². The molecular weight excluding hydrogens is 230 g/mol. The minimum atomic E-state index is 0.155. The van der Waals surface area contributed by atoms with E-state index in [1.54, 1.807) is 13.1 Å². The average molecular weight is 249 g/mol. The van der Waals surface area contributed by atoms with E-state index in [2.05, 4.69) is 15.3 Å². The lowest BCUT2D eigenvalue weighted by Crippen LogP contribution is -2.47. The number of nitrogen functional groups attached to an aromatic ring is 1. The third-order valence-corrected chi connectivity index (χ3v) is 3.19. The normalized spacial score (nSPS) is 16.7. The number of hydrogen-bond donors (Lipinski definition) is 2. The van der Waals surface area contributed by atoms with E-state index < -0.39 is 0 Å². The summed E-state index contributed by atoms with van der Waals surface area (Å²) in [5.74, 6) is 5.52. The van der Waals surface area contributed by atoms with E-state index in [1.807, 2.05) is 17.0 Å². The number of carbonyl (C=O) groups is 1. The second kappa shape index (κ2) is 5.79. The van der Waals surface area contributed by atoms with Crippen molar-refractivity contribution in [2.75, 3.05) is 31.6 Å². The molecule has 98 valence electrons. The lowest BCUT2D eigenvalue weighted by molar-refractivity contribution is -0.130. The first-order chi connectivity index (χ1) is 8.69. The summed E-state index contributed by atoms with van der Waals surface area (Å²) in [6.45, 7) is 5.78. The molecule has 0 unspecified atom stereocenters. The third-order valence-electron chi connectivity index (χ3n) is 3.19. The zero-order valence-corrected chi connectivity index (χ0v) is 10.6. The molecule has 3 N–H and O–H groups in total. The van der Waals surface area contributed by atoms with E-state index in [4.69, 9.17) is 5.84 Å². The first-order valence-electron chi connectivity index (χ1n) is 6.08. The van der Waals surface area contributed by atoms with Crippen LogP contribution >= 0.6 is 0 Å². The molecule has 6 nitrogen and oxygen atoms in total. The molecule has 6 heteroatoms. The molecule has 1 aliphatic heterocycles. The number of nitrogens with one attached hydrogen (secondary N) is 1. The van der Waals surface area contributed by atoms with Crippen LogP contribution in [0.5, 0.6) is 0 Å². The number of anilines is 1. The predicted molar refractivity (Wildman–Crippen MR) is 69.6 cm³/mol. The van der Waals surface area contributed by atoms with E-state index in [0.29, 0.717) is 0 Å². The number of piperazine rings is 1. The van der Waals surface area contributed by atoms with E-state index >= 15 is 0 Å². The minimum absolute atomic E-state index is 0.155. The van der Waals surface area contributed by atoms with E-state index in [9.17, 15) is 4.79 Å². The molecule has 1 saturated heterocycles. The number of nitrogens with zero attached hydrogens (tertiary/aromatic N) is 3. The molecule has 0 saturated carbocycles. The highest BCUT2D eigenvalue weighted by atomic mass is 16.2. The maximum absolute atomic E-state index is 11.2. The van der Waals surface area contributed by atoms with Crippen molar-refractivity contribution >= 4 is 11.6 Å². The van der Waals surface area contributed by atoms with Crippen LogP contribution in [0.1, 0.15) is 12.6 Å². The van der Waals surface area contributed by atoms with Gasteiger partial charge in [-0.25, -0.2) is 0 Å². The summed E-state index contributed by atoms with van der Waals surface area (Å²) in [4.78, 5) is 19.7. The fourth-order valence-electron chi connectivity index (χ4n) is 2.10. The van der Waals surface area contributed by atoms with Crippen molar-refractivity contribution in [1.82, 2.24) is 14.8 Å². The molecule has 1 aromatic heterocycles. The molecule has 0 atom stereocenters. The lowest BCUT2D eigenvalue weighted by atomic mass is 10.2. The number of carbonyl (C=O) groups excluding carboxylic acids is 1. The van der Waals surface area contributed by atoms with Crippen molar-refractivity contribution in [3.05, 3.63) is 24.0 Å². The Morgan fingerprint density at radius 3 is 2.78 bits per heavy atom. The van der Waals surface area contributed by atoms with Gasteiger partial charge in [0.2, 0.25) is 5.91 Å². The Hall–Kier alpha value is -1.66. The summed E-state index contributed by atoms with van der Waals surface area (Å²) in [5.41, 5.74) is 4.47. The van der Waals surface area contributed by atoms with Crippen molar-refractivity contribution in [1.29, 1.82) is 0 Å². The second-order valence-electron chi connectivity index (χ2n) is 4.46. The summed E-state index contributed by atoms with van der Waals surface area (Å²) >= 11 is 0. The van der Waals surface area contributed by atoms with Crippen molar-refractivity contribution in [2.24, 2.45) is 5.84 Å². The number of hydrogen-bond acceptors (Lipinski definition) is 5. The monoisotopic (exact) mass is 249 g/mol. The third kappa shape index (κ3) is 3.18. The average Bonchev–Trinajstić information content (AvgIpc) is 2.39. The molecule has 0 bridgehead atoms. The van der Waals surface area contributed by atoms with E-state index in [-0.39, 0.29) is 5.91 Å². The highest BCUT2D eigenvalue weighted by Gasteiger charge is 2.18. The molecule has 1 fully saturated rings.